The molecule has 0 radical (unpaired) electrons. The molecule has 0 aliphatic heterocycles. The summed E-state index contributed by atoms with van der Waals surface area (Å²) in [5.41, 5.74) is 9.26. The average Bonchev–Trinajstić information content (AvgIpc) is 3.40. The SMILES string of the molecule is Cc1c(C(N)=O)cc(-c2csc(Nc3ccc(Cl)cc3)n2)n1Cc1ccco1. The van der Waals surface area contributed by atoms with E-state index in [4.69, 9.17) is 21.8 Å². The molecule has 0 saturated heterocycles. The third-order valence-electron chi connectivity index (χ3n) is 4.39. The third kappa shape index (κ3) is 3.67. The number of hydrogen-bond donors (Lipinski definition) is 2. The van der Waals surface area contributed by atoms with Gasteiger partial charge in [0.15, 0.2) is 5.13 Å². The van der Waals surface area contributed by atoms with Crippen molar-refractivity contribution in [3.05, 3.63) is 76.1 Å². The largest absolute Gasteiger partial charge is 0.467 e. The van der Waals surface area contributed by atoms with Crippen LogP contribution in [0.3, 0.4) is 0 Å². The fraction of sp³-hybridized carbons (Fsp3) is 0.100. The summed E-state index contributed by atoms with van der Waals surface area (Å²) < 4.78 is 7.46. The van der Waals surface area contributed by atoms with Crippen molar-refractivity contribution < 1.29 is 9.21 Å². The number of anilines is 2. The standard InChI is InChI=1S/C20H17ClN4O2S/c1-12-16(19(22)26)9-18(25(12)10-15-3-2-8-27-15)17-11-28-20(24-17)23-14-6-4-13(21)5-7-14/h2-9,11H,10H2,1H3,(H2,22,26)(H,23,24). The summed E-state index contributed by atoms with van der Waals surface area (Å²) >= 11 is 7.40. The summed E-state index contributed by atoms with van der Waals surface area (Å²) in [4.78, 5) is 16.5. The molecule has 4 rings (SSSR count). The summed E-state index contributed by atoms with van der Waals surface area (Å²) in [5.74, 6) is 0.317. The average molecular weight is 413 g/mol. The molecule has 142 valence electrons. The number of thiazole rings is 1. The lowest BCUT2D eigenvalue weighted by Crippen LogP contribution is -2.12. The Bertz CT molecular complexity index is 1110. The zero-order valence-corrected chi connectivity index (χ0v) is 16.6. The quantitative estimate of drug-likeness (QED) is 0.463. The molecule has 28 heavy (non-hydrogen) atoms. The molecule has 6 nitrogen and oxygen atoms in total. The van der Waals surface area contributed by atoms with Crippen molar-refractivity contribution >= 4 is 39.7 Å². The number of primary amides is 1. The fourth-order valence-electron chi connectivity index (χ4n) is 2.97. The van der Waals surface area contributed by atoms with Gasteiger partial charge in [0.1, 0.15) is 5.76 Å². The van der Waals surface area contributed by atoms with Crippen LogP contribution in [0.25, 0.3) is 11.4 Å². The highest BCUT2D eigenvalue weighted by atomic mass is 35.5. The summed E-state index contributed by atoms with van der Waals surface area (Å²) in [6, 6.07) is 12.9. The van der Waals surface area contributed by atoms with E-state index >= 15 is 0 Å². The first-order chi connectivity index (χ1) is 13.5. The van der Waals surface area contributed by atoms with Gasteiger partial charge >= 0.3 is 0 Å². The molecule has 3 heterocycles. The summed E-state index contributed by atoms with van der Waals surface area (Å²) in [6.07, 6.45) is 1.62. The van der Waals surface area contributed by atoms with Crippen molar-refractivity contribution in [3.8, 4) is 11.4 Å². The lowest BCUT2D eigenvalue weighted by Gasteiger charge is -2.09. The van der Waals surface area contributed by atoms with Gasteiger partial charge in [-0.2, -0.15) is 0 Å². The van der Waals surface area contributed by atoms with E-state index in [1.54, 1.807) is 12.3 Å². The lowest BCUT2D eigenvalue weighted by molar-refractivity contribution is 0.0999. The second kappa shape index (κ2) is 7.53. The molecule has 0 saturated carbocycles. The second-order valence-corrected chi connectivity index (χ2v) is 7.52. The van der Waals surface area contributed by atoms with Gasteiger partial charge in [-0.15, -0.1) is 11.3 Å². The van der Waals surface area contributed by atoms with Crippen LogP contribution in [0, 0.1) is 6.92 Å². The normalized spacial score (nSPS) is 10.9. The molecule has 1 aromatic carbocycles. The van der Waals surface area contributed by atoms with Crippen molar-refractivity contribution in [2.75, 3.05) is 5.32 Å². The summed E-state index contributed by atoms with van der Waals surface area (Å²) in [6.45, 7) is 2.35. The van der Waals surface area contributed by atoms with E-state index in [0.717, 1.165) is 33.7 Å². The molecule has 8 heteroatoms. The maximum Gasteiger partial charge on any atom is 0.250 e. The van der Waals surface area contributed by atoms with Gasteiger partial charge in [0.2, 0.25) is 0 Å². The van der Waals surface area contributed by atoms with Crippen LogP contribution in [-0.2, 0) is 6.54 Å². The molecule has 0 aliphatic carbocycles. The van der Waals surface area contributed by atoms with E-state index in [-0.39, 0.29) is 0 Å². The smallest absolute Gasteiger partial charge is 0.250 e. The van der Waals surface area contributed by atoms with Crippen molar-refractivity contribution in [1.29, 1.82) is 0 Å². The Morgan fingerprint density at radius 1 is 1.32 bits per heavy atom. The Morgan fingerprint density at radius 3 is 2.79 bits per heavy atom. The van der Waals surface area contributed by atoms with Crippen molar-refractivity contribution in [2.45, 2.75) is 13.5 Å². The van der Waals surface area contributed by atoms with Gasteiger partial charge in [0.05, 0.1) is 29.8 Å². The number of carbonyl (C=O) groups is 1. The van der Waals surface area contributed by atoms with Crippen LogP contribution in [-0.4, -0.2) is 15.5 Å². The molecule has 3 aromatic heterocycles. The first-order valence-electron chi connectivity index (χ1n) is 8.52. The Kier molecular flexibility index (Phi) is 4.93. The minimum Gasteiger partial charge on any atom is -0.467 e. The molecule has 0 fully saturated rings. The minimum absolute atomic E-state index is 0.466. The van der Waals surface area contributed by atoms with Crippen molar-refractivity contribution in [1.82, 2.24) is 9.55 Å². The van der Waals surface area contributed by atoms with Crippen molar-refractivity contribution in [2.24, 2.45) is 5.73 Å². The Hall–Kier alpha value is -3.03. The van der Waals surface area contributed by atoms with Crippen LogP contribution in [0.1, 0.15) is 21.8 Å². The zero-order valence-electron chi connectivity index (χ0n) is 15.0. The summed E-state index contributed by atoms with van der Waals surface area (Å²) in [5, 5.41) is 6.61. The predicted octanol–water partition coefficient (Wildman–Crippen LogP) is 5.06. The molecular weight excluding hydrogens is 396 g/mol. The number of amides is 1. The van der Waals surface area contributed by atoms with Gasteiger partial charge in [-0.3, -0.25) is 4.79 Å². The number of hydrogen-bond acceptors (Lipinski definition) is 5. The number of benzene rings is 1. The molecule has 1 amide bonds. The first kappa shape index (κ1) is 18.3. The number of furan rings is 1. The minimum atomic E-state index is -0.466. The van der Waals surface area contributed by atoms with Gasteiger partial charge in [-0.1, -0.05) is 11.6 Å². The fourth-order valence-corrected chi connectivity index (χ4v) is 3.82. The molecule has 0 spiro atoms. The van der Waals surface area contributed by atoms with Crippen LogP contribution in [0.2, 0.25) is 5.02 Å². The van der Waals surface area contributed by atoms with E-state index in [2.05, 4.69) is 10.3 Å². The van der Waals surface area contributed by atoms with Crippen molar-refractivity contribution in [3.63, 3.8) is 0 Å². The Balaban J connectivity index is 1.68. The lowest BCUT2D eigenvalue weighted by atomic mass is 10.2. The molecule has 0 aliphatic rings. The zero-order chi connectivity index (χ0) is 19.7. The maximum absolute atomic E-state index is 11.8. The second-order valence-electron chi connectivity index (χ2n) is 6.23. The molecular formula is C20H17ClN4O2S. The molecule has 3 N–H and O–H groups in total. The first-order valence-corrected chi connectivity index (χ1v) is 9.78. The number of nitrogens with zero attached hydrogens (tertiary/aromatic N) is 2. The molecule has 4 aromatic rings. The van der Waals surface area contributed by atoms with Crippen LogP contribution in [0.15, 0.2) is 58.5 Å². The third-order valence-corrected chi connectivity index (χ3v) is 5.40. The number of halogens is 1. The molecule has 0 bridgehead atoms. The topological polar surface area (TPSA) is 86.1 Å². The summed E-state index contributed by atoms with van der Waals surface area (Å²) in [7, 11) is 0. The Labute approximate surface area is 170 Å². The van der Waals surface area contributed by atoms with Crippen LogP contribution in [0.5, 0.6) is 0 Å². The molecule has 0 unspecified atom stereocenters. The number of rotatable bonds is 6. The predicted molar refractivity (Wildman–Crippen MR) is 111 cm³/mol. The number of aromatic nitrogens is 2. The monoisotopic (exact) mass is 412 g/mol. The van der Waals surface area contributed by atoms with E-state index in [0.29, 0.717) is 17.1 Å². The maximum atomic E-state index is 11.8. The number of carbonyl (C=O) groups excluding carboxylic acids is 1. The highest BCUT2D eigenvalue weighted by Crippen LogP contribution is 2.31. The van der Waals surface area contributed by atoms with E-state index in [9.17, 15) is 4.79 Å². The van der Waals surface area contributed by atoms with Gasteiger partial charge in [0.25, 0.3) is 5.91 Å². The van der Waals surface area contributed by atoms with Crippen LogP contribution < -0.4 is 11.1 Å². The molecule has 0 atom stereocenters. The van der Waals surface area contributed by atoms with E-state index in [1.165, 1.54) is 11.3 Å². The Morgan fingerprint density at radius 2 is 2.11 bits per heavy atom. The van der Waals surface area contributed by atoms with Crippen LogP contribution >= 0.6 is 22.9 Å². The van der Waals surface area contributed by atoms with Gasteiger partial charge in [-0.05, 0) is 49.4 Å². The van der Waals surface area contributed by atoms with Crippen LogP contribution in [0.4, 0.5) is 10.8 Å². The van der Waals surface area contributed by atoms with Gasteiger partial charge < -0.3 is 20.0 Å². The number of nitrogens with two attached hydrogens (primary N) is 1. The highest BCUT2D eigenvalue weighted by Gasteiger charge is 2.19. The van der Waals surface area contributed by atoms with Gasteiger partial charge in [-0.25, -0.2) is 4.98 Å². The van der Waals surface area contributed by atoms with E-state index in [1.807, 2.05) is 53.3 Å². The number of nitrogens with one attached hydrogen (secondary N) is 1. The van der Waals surface area contributed by atoms with E-state index < -0.39 is 5.91 Å². The highest BCUT2D eigenvalue weighted by molar-refractivity contribution is 7.14. The van der Waals surface area contributed by atoms with Gasteiger partial charge in [0, 0.05) is 21.8 Å².